The Bertz CT molecular complexity index is 1180. The molecular weight excluding hydrogens is 630 g/mol. The highest BCUT2D eigenvalue weighted by Gasteiger charge is 2.58. The monoisotopic (exact) mass is 652 g/mol. The van der Waals surface area contributed by atoms with Crippen molar-refractivity contribution in [3.05, 3.63) is 19.9 Å². The second-order valence-corrected chi connectivity index (χ2v) is 11.9. The van der Waals surface area contributed by atoms with E-state index in [0.717, 1.165) is 0 Å². The highest BCUT2D eigenvalue weighted by Crippen LogP contribution is 2.50. The van der Waals surface area contributed by atoms with Gasteiger partial charge in [-0.3, -0.25) is 4.90 Å². The smallest absolute Gasteiger partial charge is 0.415 e. The first kappa shape index (κ1) is 24.6. The predicted octanol–water partition coefficient (Wildman–Crippen LogP) is 5.54. The van der Waals surface area contributed by atoms with E-state index in [-0.39, 0.29) is 27.6 Å². The van der Waals surface area contributed by atoms with Gasteiger partial charge in [-0.2, -0.15) is 0 Å². The number of halogens is 3. The van der Waals surface area contributed by atoms with E-state index in [9.17, 15) is 14.7 Å². The van der Waals surface area contributed by atoms with Crippen molar-refractivity contribution in [3.8, 4) is 0 Å². The van der Waals surface area contributed by atoms with Crippen LogP contribution in [0.3, 0.4) is 0 Å². The summed E-state index contributed by atoms with van der Waals surface area (Å²) in [5.74, 6) is -0.625. The quantitative estimate of drug-likeness (QED) is 0.255. The Labute approximate surface area is 216 Å². The summed E-state index contributed by atoms with van der Waals surface area (Å²) in [6.45, 7) is 5.58. The highest BCUT2D eigenvalue weighted by atomic mass is 127. The van der Waals surface area contributed by atoms with Gasteiger partial charge in [-0.05, 0) is 78.0 Å². The number of carboxylic acid groups (broad SMARTS) is 1. The van der Waals surface area contributed by atoms with Gasteiger partial charge in [0, 0.05) is 21.4 Å². The Morgan fingerprint density at radius 1 is 1.45 bits per heavy atom. The third kappa shape index (κ3) is 4.11. The Morgan fingerprint density at radius 3 is 2.67 bits per heavy atom. The van der Waals surface area contributed by atoms with E-state index in [1.54, 1.807) is 33.1 Å². The van der Waals surface area contributed by atoms with Crippen LogP contribution < -0.4 is 10.6 Å². The summed E-state index contributed by atoms with van der Waals surface area (Å²) in [4.78, 5) is 32.5. The lowest BCUT2D eigenvalue weighted by Gasteiger charge is -2.44. The highest BCUT2D eigenvalue weighted by molar-refractivity contribution is 14.1. The Balaban J connectivity index is 1.98. The van der Waals surface area contributed by atoms with Crippen molar-refractivity contribution in [2.45, 2.75) is 49.9 Å². The number of pyridine rings is 1. The normalized spacial score (nSPS) is 21.8. The number of fused-ring (bicyclic) bond motifs is 2. The topological polar surface area (TPSA) is 109 Å². The minimum absolute atomic E-state index is 0.0710. The van der Waals surface area contributed by atoms with Gasteiger partial charge in [0.2, 0.25) is 0 Å². The van der Waals surface area contributed by atoms with Crippen LogP contribution in [-0.2, 0) is 4.74 Å². The van der Waals surface area contributed by atoms with Gasteiger partial charge in [0.15, 0.2) is 5.82 Å². The number of aromatic nitrogens is 1. The van der Waals surface area contributed by atoms with Gasteiger partial charge in [0.1, 0.15) is 16.1 Å². The number of hydrogen-bond donors (Lipinski definition) is 2. The number of amides is 2. The second kappa shape index (κ2) is 8.59. The molecule has 1 aromatic carbocycles. The van der Waals surface area contributed by atoms with Crippen molar-refractivity contribution in [1.82, 2.24) is 9.88 Å². The van der Waals surface area contributed by atoms with Crippen LogP contribution in [-0.4, -0.2) is 57.7 Å². The van der Waals surface area contributed by atoms with Crippen LogP contribution in [0.15, 0.2) is 15.6 Å². The molecule has 3 aliphatic rings. The minimum Gasteiger partial charge on any atom is -0.465 e. The number of nitrogen functional groups attached to an aromatic ring is 1. The SMILES string of the molecule is CSc1nc2c(F)c(Br)c(I)cc2c(N(C(=O)OC(C)(C)C)[C@H]2[C@@H]3C[C@H]2N(C(=O)O)C3)c1N. The van der Waals surface area contributed by atoms with Crippen LogP contribution in [0.25, 0.3) is 10.9 Å². The number of thioether (sulfide) groups is 1. The van der Waals surface area contributed by atoms with Crippen LogP contribution in [0.4, 0.5) is 25.4 Å². The summed E-state index contributed by atoms with van der Waals surface area (Å²) >= 11 is 6.51. The van der Waals surface area contributed by atoms with E-state index in [4.69, 9.17) is 10.5 Å². The standard InChI is InChI=1S/C21H23BrFIN4O4S/c1-21(2,3)32-20(31)28(16-8-5-11(16)27(7-8)19(29)30)17-9-6-10(24)12(22)13(23)15(9)26-18(33-4)14(17)25/h6,8,11,16H,5,7,25H2,1-4H3,(H,29,30)/t8-,11-,16+/m1/s1. The van der Waals surface area contributed by atoms with Gasteiger partial charge in [0.25, 0.3) is 0 Å². The summed E-state index contributed by atoms with van der Waals surface area (Å²) in [6, 6.07) is 0.862. The summed E-state index contributed by atoms with van der Waals surface area (Å²) in [7, 11) is 0. The van der Waals surface area contributed by atoms with Crippen LogP contribution in [0.1, 0.15) is 27.2 Å². The van der Waals surface area contributed by atoms with Crippen LogP contribution in [0.5, 0.6) is 0 Å². The van der Waals surface area contributed by atoms with E-state index >= 15 is 4.39 Å². The molecule has 0 spiro atoms. The Morgan fingerprint density at radius 2 is 2.12 bits per heavy atom. The molecule has 33 heavy (non-hydrogen) atoms. The molecular formula is C21H23BrFIN4O4S. The molecule has 3 fully saturated rings. The van der Waals surface area contributed by atoms with Crippen molar-refractivity contribution in [3.63, 3.8) is 0 Å². The van der Waals surface area contributed by atoms with Gasteiger partial charge in [-0.25, -0.2) is 19.0 Å². The number of carbonyl (C=O) groups excluding carboxylic acids is 1. The molecule has 3 atom stereocenters. The lowest BCUT2D eigenvalue weighted by atomic mass is 9.78. The van der Waals surface area contributed by atoms with E-state index < -0.39 is 29.6 Å². The molecule has 5 rings (SSSR count). The molecule has 2 amide bonds. The molecule has 178 valence electrons. The number of nitrogens with zero attached hydrogens (tertiary/aromatic N) is 3. The zero-order valence-electron chi connectivity index (χ0n) is 18.4. The van der Waals surface area contributed by atoms with Gasteiger partial charge in [-0.1, -0.05) is 0 Å². The van der Waals surface area contributed by atoms with Crippen LogP contribution in [0, 0.1) is 15.3 Å². The summed E-state index contributed by atoms with van der Waals surface area (Å²) in [6.07, 6.45) is 0.729. The Hall–Kier alpha value is -1.54. The third-order valence-electron chi connectivity index (χ3n) is 5.91. The number of hydrogen-bond acceptors (Lipinski definition) is 6. The molecule has 0 radical (unpaired) electrons. The van der Waals surface area contributed by atoms with Gasteiger partial charge >= 0.3 is 12.2 Å². The summed E-state index contributed by atoms with van der Waals surface area (Å²) in [5.41, 5.74) is 6.33. The number of ether oxygens (including phenoxy) is 1. The minimum atomic E-state index is -1.03. The average Bonchev–Trinajstić information content (AvgIpc) is 3.30. The van der Waals surface area contributed by atoms with E-state index in [1.807, 2.05) is 22.6 Å². The van der Waals surface area contributed by atoms with E-state index in [0.29, 0.717) is 32.6 Å². The lowest BCUT2D eigenvalue weighted by Crippen LogP contribution is -2.58. The lowest BCUT2D eigenvalue weighted by molar-refractivity contribution is 0.0518. The maximum Gasteiger partial charge on any atom is 0.415 e. The van der Waals surface area contributed by atoms with E-state index in [1.165, 1.54) is 21.6 Å². The summed E-state index contributed by atoms with van der Waals surface area (Å²) in [5, 5.41) is 10.4. The average molecular weight is 653 g/mol. The van der Waals surface area contributed by atoms with Crippen molar-refractivity contribution in [2.24, 2.45) is 5.92 Å². The molecule has 1 saturated carbocycles. The zero-order chi connectivity index (χ0) is 24.4. The van der Waals surface area contributed by atoms with Gasteiger partial charge in [-0.15, -0.1) is 11.8 Å². The maximum atomic E-state index is 15.3. The molecule has 1 aliphatic carbocycles. The molecule has 2 aliphatic heterocycles. The van der Waals surface area contributed by atoms with Crippen molar-refractivity contribution in [1.29, 1.82) is 0 Å². The fraction of sp³-hybridized carbons (Fsp3) is 0.476. The first-order valence-corrected chi connectivity index (χ1v) is 13.3. The van der Waals surface area contributed by atoms with E-state index in [2.05, 4.69) is 20.9 Å². The number of nitrogens with two attached hydrogens (primary N) is 1. The molecule has 12 heteroatoms. The number of anilines is 2. The molecule has 8 nitrogen and oxygen atoms in total. The molecule has 1 aromatic heterocycles. The van der Waals surface area contributed by atoms with Crippen molar-refractivity contribution in [2.75, 3.05) is 23.4 Å². The van der Waals surface area contributed by atoms with Gasteiger partial charge in [0.05, 0.1) is 27.9 Å². The molecule has 3 N–H and O–H groups in total. The van der Waals surface area contributed by atoms with Crippen molar-refractivity contribution >= 4 is 84.7 Å². The molecule has 0 unspecified atom stereocenters. The zero-order valence-corrected chi connectivity index (χ0v) is 22.9. The molecule has 3 heterocycles. The number of carbonyl (C=O) groups is 2. The number of benzene rings is 1. The Kier molecular flexibility index (Phi) is 6.40. The largest absolute Gasteiger partial charge is 0.465 e. The molecule has 2 bridgehead atoms. The fourth-order valence-corrected chi connectivity index (χ4v) is 5.91. The first-order valence-electron chi connectivity index (χ1n) is 10.2. The van der Waals surface area contributed by atoms with Crippen LogP contribution in [0.2, 0.25) is 0 Å². The fourth-order valence-electron chi connectivity index (χ4n) is 4.56. The molecule has 2 aromatic rings. The first-order chi connectivity index (χ1) is 15.4. The van der Waals surface area contributed by atoms with Gasteiger partial charge < -0.3 is 20.5 Å². The summed E-state index contributed by atoms with van der Waals surface area (Å²) < 4.78 is 21.9. The maximum absolute atomic E-state index is 15.3. The van der Waals surface area contributed by atoms with Crippen molar-refractivity contribution < 1.29 is 23.8 Å². The third-order valence-corrected chi connectivity index (χ3v) is 8.98. The number of rotatable bonds is 3. The predicted molar refractivity (Wildman–Crippen MR) is 137 cm³/mol. The second-order valence-electron chi connectivity index (χ2n) is 9.10. The molecule has 2 saturated heterocycles. The van der Waals surface area contributed by atoms with Crippen LogP contribution >= 0.6 is 50.3 Å².